The van der Waals surface area contributed by atoms with Gasteiger partial charge >= 0.3 is 0 Å². The molecule has 8 heteroatoms. The number of benzene rings is 1. The molecule has 1 saturated carbocycles. The van der Waals surface area contributed by atoms with Crippen molar-refractivity contribution in [2.45, 2.75) is 25.7 Å². The second-order valence-electron chi connectivity index (χ2n) is 6.81. The predicted molar refractivity (Wildman–Crippen MR) is 116 cm³/mol. The topological polar surface area (TPSA) is 73.3 Å². The second-order valence-corrected chi connectivity index (χ2v) is 6.81. The fourth-order valence-electron chi connectivity index (χ4n) is 3.31. The molecular formula is C19H30IN3O4. The Hall–Kier alpha value is -1.42. The molecule has 0 amide bonds. The molecule has 0 saturated heterocycles. The van der Waals surface area contributed by atoms with E-state index in [1.54, 1.807) is 14.2 Å². The first kappa shape index (κ1) is 21.9. The van der Waals surface area contributed by atoms with Crippen molar-refractivity contribution < 1.29 is 18.9 Å². The lowest BCUT2D eigenvalue weighted by atomic mass is 9.67. The standard InChI is InChI=1S/C19H29N3O4.HI/c1-20-18(22-13-19(6-3-7-19)8-10-23-2)21-9-11-24-15-4-5-16-17(12-15)26-14-25-16;/h4-5,12H,3,6-11,13-14H2,1-2H3,(H2,20,21,22);1H. The highest BCUT2D eigenvalue weighted by molar-refractivity contribution is 14.0. The Labute approximate surface area is 178 Å². The summed E-state index contributed by atoms with van der Waals surface area (Å²) >= 11 is 0. The Morgan fingerprint density at radius 2 is 2.00 bits per heavy atom. The molecule has 2 N–H and O–H groups in total. The van der Waals surface area contributed by atoms with Crippen LogP contribution >= 0.6 is 24.0 Å². The van der Waals surface area contributed by atoms with E-state index in [2.05, 4.69) is 15.6 Å². The summed E-state index contributed by atoms with van der Waals surface area (Å²) in [5.41, 5.74) is 0.358. The van der Waals surface area contributed by atoms with Gasteiger partial charge in [-0.25, -0.2) is 0 Å². The van der Waals surface area contributed by atoms with Crippen LogP contribution in [0.3, 0.4) is 0 Å². The van der Waals surface area contributed by atoms with E-state index in [4.69, 9.17) is 18.9 Å². The summed E-state index contributed by atoms with van der Waals surface area (Å²) in [5.74, 6) is 3.07. The van der Waals surface area contributed by atoms with Gasteiger partial charge in [-0.2, -0.15) is 0 Å². The zero-order valence-corrected chi connectivity index (χ0v) is 18.4. The highest BCUT2D eigenvalue weighted by Gasteiger charge is 2.36. The van der Waals surface area contributed by atoms with Gasteiger partial charge in [0, 0.05) is 33.4 Å². The Morgan fingerprint density at radius 3 is 2.70 bits per heavy atom. The molecule has 7 nitrogen and oxygen atoms in total. The molecule has 1 aliphatic carbocycles. The van der Waals surface area contributed by atoms with Crippen LogP contribution in [-0.2, 0) is 4.74 Å². The molecule has 0 radical (unpaired) electrons. The molecule has 1 heterocycles. The molecule has 27 heavy (non-hydrogen) atoms. The number of aliphatic imine (C=N–C) groups is 1. The first-order valence-electron chi connectivity index (χ1n) is 9.21. The van der Waals surface area contributed by atoms with Crippen LogP contribution in [0.25, 0.3) is 0 Å². The third kappa shape index (κ3) is 6.03. The van der Waals surface area contributed by atoms with Gasteiger partial charge in [-0.1, -0.05) is 6.42 Å². The molecule has 1 aromatic carbocycles. The van der Waals surface area contributed by atoms with Crippen molar-refractivity contribution in [3.8, 4) is 17.2 Å². The van der Waals surface area contributed by atoms with Crippen LogP contribution in [0.1, 0.15) is 25.7 Å². The number of methoxy groups -OCH3 is 1. The first-order chi connectivity index (χ1) is 12.7. The number of hydrogen-bond acceptors (Lipinski definition) is 5. The van der Waals surface area contributed by atoms with Gasteiger partial charge in [0.15, 0.2) is 17.5 Å². The molecule has 152 valence electrons. The van der Waals surface area contributed by atoms with Gasteiger partial charge in [0.25, 0.3) is 0 Å². The van der Waals surface area contributed by atoms with Gasteiger partial charge in [0.1, 0.15) is 12.4 Å². The van der Waals surface area contributed by atoms with Crippen molar-refractivity contribution >= 4 is 29.9 Å². The van der Waals surface area contributed by atoms with Crippen LogP contribution in [0.5, 0.6) is 17.2 Å². The number of nitrogens with one attached hydrogen (secondary N) is 2. The van der Waals surface area contributed by atoms with Crippen molar-refractivity contribution in [3.63, 3.8) is 0 Å². The van der Waals surface area contributed by atoms with Gasteiger partial charge in [-0.3, -0.25) is 4.99 Å². The maximum absolute atomic E-state index is 5.76. The number of nitrogens with zero attached hydrogens (tertiary/aromatic N) is 1. The van der Waals surface area contributed by atoms with Crippen LogP contribution in [0.2, 0.25) is 0 Å². The zero-order valence-electron chi connectivity index (χ0n) is 16.1. The fraction of sp³-hybridized carbons (Fsp3) is 0.632. The van der Waals surface area contributed by atoms with Crippen molar-refractivity contribution in [2.24, 2.45) is 10.4 Å². The number of rotatable bonds is 9. The molecule has 0 unspecified atom stereocenters. The molecule has 2 aliphatic rings. The molecule has 0 atom stereocenters. The maximum atomic E-state index is 5.76. The third-order valence-corrected chi connectivity index (χ3v) is 5.11. The SMILES string of the molecule is CN=C(NCCOc1ccc2c(c1)OCO2)NCC1(CCOC)CCC1.I. The first-order valence-corrected chi connectivity index (χ1v) is 9.21. The Bertz CT molecular complexity index is 623. The number of halogens is 1. The lowest BCUT2D eigenvalue weighted by molar-refractivity contribution is 0.0732. The highest BCUT2D eigenvalue weighted by atomic mass is 127. The summed E-state index contributed by atoms with van der Waals surface area (Å²) in [6.45, 7) is 3.22. The van der Waals surface area contributed by atoms with E-state index in [9.17, 15) is 0 Å². The Morgan fingerprint density at radius 1 is 1.19 bits per heavy atom. The molecule has 0 bridgehead atoms. The minimum Gasteiger partial charge on any atom is -0.492 e. The van der Waals surface area contributed by atoms with Crippen LogP contribution in [0.4, 0.5) is 0 Å². The molecule has 1 fully saturated rings. The van der Waals surface area contributed by atoms with E-state index in [0.29, 0.717) is 18.6 Å². The minimum atomic E-state index is 0. The third-order valence-electron chi connectivity index (χ3n) is 5.11. The lowest BCUT2D eigenvalue weighted by Gasteiger charge is -2.42. The smallest absolute Gasteiger partial charge is 0.231 e. The van der Waals surface area contributed by atoms with Gasteiger partial charge in [-0.15, -0.1) is 24.0 Å². The average molecular weight is 491 g/mol. The van der Waals surface area contributed by atoms with Crippen LogP contribution in [0, 0.1) is 5.41 Å². The number of fused-ring (bicyclic) bond motifs is 1. The van der Waals surface area contributed by atoms with E-state index >= 15 is 0 Å². The highest BCUT2D eigenvalue weighted by Crippen LogP contribution is 2.43. The molecular weight excluding hydrogens is 461 g/mol. The van der Waals surface area contributed by atoms with Crippen molar-refractivity contribution in [1.82, 2.24) is 10.6 Å². The van der Waals surface area contributed by atoms with E-state index < -0.39 is 0 Å². The van der Waals surface area contributed by atoms with Crippen LogP contribution in [0.15, 0.2) is 23.2 Å². The molecule has 1 aromatic rings. The fourth-order valence-corrected chi connectivity index (χ4v) is 3.31. The lowest BCUT2D eigenvalue weighted by Crippen LogP contribution is -2.47. The van der Waals surface area contributed by atoms with Gasteiger partial charge in [-0.05, 0) is 36.8 Å². The summed E-state index contributed by atoms with van der Waals surface area (Å²) in [7, 11) is 3.55. The number of guanidine groups is 1. The summed E-state index contributed by atoms with van der Waals surface area (Å²) in [5, 5.41) is 6.74. The molecule has 3 rings (SSSR count). The van der Waals surface area contributed by atoms with Crippen molar-refractivity contribution in [2.75, 3.05) is 47.3 Å². The van der Waals surface area contributed by atoms with Crippen LogP contribution in [-0.4, -0.2) is 53.2 Å². The second kappa shape index (κ2) is 10.8. The summed E-state index contributed by atoms with van der Waals surface area (Å²) < 4.78 is 21.7. The van der Waals surface area contributed by atoms with Crippen molar-refractivity contribution in [3.05, 3.63) is 18.2 Å². The maximum Gasteiger partial charge on any atom is 0.231 e. The molecule has 0 aromatic heterocycles. The van der Waals surface area contributed by atoms with E-state index in [1.165, 1.54) is 19.3 Å². The average Bonchev–Trinajstić information content (AvgIpc) is 3.10. The van der Waals surface area contributed by atoms with E-state index in [-0.39, 0.29) is 30.8 Å². The predicted octanol–water partition coefficient (Wildman–Crippen LogP) is 2.78. The normalized spacial score (nSPS) is 16.9. The molecule has 0 spiro atoms. The molecule has 1 aliphatic heterocycles. The minimum absolute atomic E-state index is 0. The Balaban J connectivity index is 0.00000261. The van der Waals surface area contributed by atoms with Gasteiger partial charge in [0.2, 0.25) is 6.79 Å². The van der Waals surface area contributed by atoms with Gasteiger partial charge in [0.05, 0.1) is 6.54 Å². The van der Waals surface area contributed by atoms with Gasteiger partial charge < -0.3 is 29.6 Å². The summed E-state index contributed by atoms with van der Waals surface area (Å²) in [6.07, 6.45) is 4.92. The number of ether oxygens (including phenoxy) is 4. The monoisotopic (exact) mass is 491 g/mol. The Kier molecular flexibility index (Phi) is 8.75. The largest absolute Gasteiger partial charge is 0.492 e. The van der Waals surface area contributed by atoms with E-state index in [1.807, 2.05) is 18.2 Å². The van der Waals surface area contributed by atoms with E-state index in [0.717, 1.165) is 42.8 Å². The number of hydrogen-bond donors (Lipinski definition) is 2. The van der Waals surface area contributed by atoms with Crippen LogP contribution < -0.4 is 24.8 Å². The summed E-state index contributed by atoms with van der Waals surface area (Å²) in [6, 6.07) is 5.60. The summed E-state index contributed by atoms with van der Waals surface area (Å²) in [4.78, 5) is 4.29. The zero-order chi connectivity index (χ0) is 18.2. The van der Waals surface area contributed by atoms with Crippen molar-refractivity contribution in [1.29, 1.82) is 0 Å². The quantitative estimate of drug-likeness (QED) is 0.240.